The number of rotatable bonds is 4. The molecule has 9 heteroatoms. The number of amides is 1. The first-order chi connectivity index (χ1) is 13.6. The molecular formula is C19H15N5O3S. The third kappa shape index (κ3) is 3.23. The lowest BCUT2D eigenvalue weighted by Crippen LogP contribution is -2.26. The van der Waals surface area contributed by atoms with Crippen LogP contribution >= 0.6 is 11.3 Å². The monoisotopic (exact) mass is 393 g/mol. The number of anilines is 1. The number of methoxy groups -OCH3 is 1. The Morgan fingerprint density at radius 2 is 1.79 bits per heavy atom. The molecule has 0 spiro atoms. The Labute approximate surface area is 163 Å². The number of aryl methyl sites for hydroxylation is 1. The normalized spacial score (nSPS) is 10.8. The number of nitrogens with one attached hydrogen (secondary N) is 1. The van der Waals surface area contributed by atoms with E-state index in [-0.39, 0.29) is 11.3 Å². The van der Waals surface area contributed by atoms with Crippen molar-refractivity contribution >= 4 is 33.1 Å². The van der Waals surface area contributed by atoms with E-state index in [2.05, 4.69) is 20.6 Å². The molecule has 0 saturated heterocycles. The Bertz CT molecular complexity index is 1230. The van der Waals surface area contributed by atoms with Crippen LogP contribution in [0.15, 0.2) is 53.3 Å². The highest BCUT2D eigenvalue weighted by atomic mass is 32.1. The van der Waals surface area contributed by atoms with Crippen molar-refractivity contribution in [3.63, 3.8) is 0 Å². The number of carbonyl (C=O) groups excluding carboxylic acids is 1. The number of hydrogen-bond donors (Lipinski definition) is 1. The molecule has 8 nitrogen and oxygen atoms in total. The third-order valence-electron chi connectivity index (χ3n) is 4.08. The summed E-state index contributed by atoms with van der Waals surface area (Å²) in [4.78, 5) is 25.8. The van der Waals surface area contributed by atoms with Gasteiger partial charge in [-0.2, -0.15) is 9.78 Å². The van der Waals surface area contributed by atoms with Crippen molar-refractivity contribution in [2.75, 3.05) is 12.4 Å². The van der Waals surface area contributed by atoms with Crippen LogP contribution in [0.25, 0.3) is 16.5 Å². The van der Waals surface area contributed by atoms with Crippen molar-refractivity contribution < 1.29 is 9.53 Å². The second-order valence-electron chi connectivity index (χ2n) is 5.89. The van der Waals surface area contributed by atoms with E-state index in [0.29, 0.717) is 27.3 Å². The van der Waals surface area contributed by atoms with Crippen molar-refractivity contribution in [1.29, 1.82) is 0 Å². The molecule has 0 radical (unpaired) electrons. The molecule has 0 bridgehead atoms. The van der Waals surface area contributed by atoms with Gasteiger partial charge >= 0.3 is 0 Å². The first-order valence-electron chi connectivity index (χ1n) is 8.35. The van der Waals surface area contributed by atoms with Crippen LogP contribution < -0.4 is 15.6 Å². The zero-order valence-corrected chi connectivity index (χ0v) is 15.9. The molecule has 0 unspecified atom stereocenters. The second kappa shape index (κ2) is 7.20. The van der Waals surface area contributed by atoms with Crippen LogP contribution in [0.5, 0.6) is 5.75 Å². The SMILES string of the molecule is COc1ccc(-n2nc(C(=O)Nc3nnc(C)s3)c3ccccc3c2=O)cc1. The molecule has 0 aliphatic rings. The van der Waals surface area contributed by atoms with Crippen LogP contribution in [0.4, 0.5) is 5.13 Å². The van der Waals surface area contributed by atoms with Crippen LogP contribution in [0.3, 0.4) is 0 Å². The first kappa shape index (κ1) is 17.8. The van der Waals surface area contributed by atoms with E-state index in [9.17, 15) is 9.59 Å². The maximum absolute atomic E-state index is 12.9. The fourth-order valence-corrected chi connectivity index (χ4v) is 3.35. The maximum Gasteiger partial charge on any atom is 0.279 e. The molecule has 0 fully saturated rings. The number of hydrogen-bond acceptors (Lipinski definition) is 7. The van der Waals surface area contributed by atoms with Gasteiger partial charge in [0.05, 0.1) is 18.2 Å². The van der Waals surface area contributed by atoms with Crippen molar-refractivity contribution in [3.05, 3.63) is 69.6 Å². The van der Waals surface area contributed by atoms with Gasteiger partial charge in [-0.3, -0.25) is 14.9 Å². The molecule has 4 rings (SSSR count). The number of aromatic nitrogens is 4. The van der Waals surface area contributed by atoms with E-state index in [4.69, 9.17) is 4.74 Å². The van der Waals surface area contributed by atoms with Crippen LogP contribution in [-0.4, -0.2) is 33.0 Å². The number of fused-ring (bicyclic) bond motifs is 1. The summed E-state index contributed by atoms with van der Waals surface area (Å²) in [7, 11) is 1.56. The Morgan fingerprint density at radius 1 is 1.07 bits per heavy atom. The maximum atomic E-state index is 12.9. The highest BCUT2D eigenvalue weighted by molar-refractivity contribution is 7.15. The Balaban J connectivity index is 1.86. The number of carbonyl (C=O) groups is 1. The van der Waals surface area contributed by atoms with Crippen LogP contribution in [0, 0.1) is 6.92 Å². The Hall–Kier alpha value is -3.59. The predicted octanol–water partition coefficient (Wildman–Crippen LogP) is 2.81. The van der Waals surface area contributed by atoms with Gasteiger partial charge in [-0.25, -0.2) is 0 Å². The van der Waals surface area contributed by atoms with E-state index < -0.39 is 5.91 Å². The van der Waals surface area contributed by atoms with E-state index in [1.807, 2.05) is 0 Å². The molecule has 4 aromatic rings. The van der Waals surface area contributed by atoms with Gasteiger partial charge in [-0.05, 0) is 37.3 Å². The minimum atomic E-state index is -0.463. The van der Waals surface area contributed by atoms with Crippen molar-refractivity contribution in [2.24, 2.45) is 0 Å². The second-order valence-corrected chi connectivity index (χ2v) is 7.07. The van der Waals surface area contributed by atoms with Crippen molar-refractivity contribution in [3.8, 4) is 11.4 Å². The lowest BCUT2D eigenvalue weighted by Gasteiger charge is -2.11. The first-order valence-corrected chi connectivity index (χ1v) is 9.16. The summed E-state index contributed by atoms with van der Waals surface area (Å²) in [6.07, 6.45) is 0. The number of benzene rings is 2. The van der Waals surface area contributed by atoms with Gasteiger partial charge in [0, 0.05) is 5.39 Å². The lowest BCUT2D eigenvalue weighted by molar-refractivity contribution is 0.102. The van der Waals surface area contributed by atoms with Crippen LogP contribution in [0.2, 0.25) is 0 Å². The van der Waals surface area contributed by atoms with Crippen molar-refractivity contribution in [1.82, 2.24) is 20.0 Å². The Kier molecular flexibility index (Phi) is 4.58. The molecular weight excluding hydrogens is 378 g/mol. The summed E-state index contributed by atoms with van der Waals surface area (Å²) in [5.74, 6) is 0.191. The van der Waals surface area contributed by atoms with Crippen LogP contribution in [-0.2, 0) is 0 Å². The molecule has 0 aliphatic heterocycles. The van der Waals surface area contributed by atoms with Gasteiger partial charge < -0.3 is 4.74 Å². The average Bonchev–Trinajstić information content (AvgIpc) is 3.13. The zero-order chi connectivity index (χ0) is 19.7. The summed E-state index contributed by atoms with van der Waals surface area (Å²) < 4.78 is 6.36. The lowest BCUT2D eigenvalue weighted by atomic mass is 10.1. The quantitative estimate of drug-likeness (QED) is 0.572. The largest absolute Gasteiger partial charge is 0.497 e. The molecule has 0 atom stereocenters. The summed E-state index contributed by atoms with van der Waals surface area (Å²) >= 11 is 1.26. The van der Waals surface area contributed by atoms with Gasteiger partial charge in [0.1, 0.15) is 10.8 Å². The molecule has 140 valence electrons. The molecule has 0 aliphatic carbocycles. The van der Waals surface area contributed by atoms with Gasteiger partial charge in [-0.15, -0.1) is 10.2 Å². The summed E-state index contributed by atoms with van der Waals surface area (Å²) in [6.45, 7) is 1.80. The molecule has 2 aromatic carbocycles. The fraction of sp³-hybridized carbons (Fsp3) is 0.105. The van der Waals surface area contributed by atoms with Gasteiger partial charge in [0.25, 0.3) is 11.5 Å². The summed E-state index contributed by atoms with van der Waals surface area (Å²) in [5.41, 5.74) is 0.334. The Morgan fingerprint density at radius 3 is 2.43 bits per heavy atom. The minimum absolute atomic E-state index is 0.124. The fourth-order valence-electron chi connectivity index (χ4n) is 2.76. The third-order valence-corrected chi connectivity index (χ3v) is 4.84. The smallest absolute Gasteiger partial charge is 0.279 e. The van der Waals surface area contributed by atoms with E-state index in [0.717, 1.165) is 5.01 Å². The standard InChI is InChI=1S/C19H15N5O3S/c1-11-21-22-19(28-11)20-17(25)16-14-5-3-4-6-15(14)18(26)24(23-16)12-7-9-13(27-2)10-8-12/h3-10H,1-2H3,(H,20,22,25). The van der Waals surface area contributed by atoms with E-state index in [1.54, 1.807) is 62.6 Å². The molecule has 1 amide bonds. The molecule has 28 heavy (non-hydrogen) atoms. The molecule has 0 saturated carbocycles. The predicted molar refractivity (Wildman–Crippen MR) is 106 cm³/mol. The number of ether oxygens (including phenoxy) is 1. The zero-order valence-electron chi connectivity index (χ0n) is 15.0. The van der Waals surface area contributed by atoms with E-state index in [1.165, 1.54) is 16.0 Å². The highest BCUT2D eigenvalue weighted by Crippen LogP contribution is 2.19. The van der Waals surface area contributed by atoms with E-state index >= 15 is 0 Å². The summed E-state index contributed by atoms with van der Waals surface area (Å²) in [6, 6.07) is 13.7. The topological polar surface area (TPSA) is 99.0 Å². The van der Waals surface area contributed by atoms with Crippen LogP contribution in [0.1, 0.15) is 15.5 Å². The molecule has 2 heterocycles. The van der Waals surface area contributed by atoms with Crippen molar-refractivity contribution in [2.45, 2.75) is 6.92 Å². The minimum Gasteiger partial charge on any atom is -0.497 e. The van der Waals surface area contributed by atoms with Gasteiger partial charge in [-0.1, -0.05) is 29.5 Å². The average molecular weight is 393 g/mol. The molecule has 2 aromatic heterocycles. The summed E-state index contributed by atoms with van der Waals surface area (Å²) in [5, 5.41) is 16.8. The molecule has 1 N–H and O–H groups in total. The van der Waals surface area contributed by atoms with Gasteiger partial charge in [0.15, 0.2) is 5.69 Å². The van der Waals surface area contributed by atoms with Gasteiger partial charge in [0.2, 0.25) is 5.13 Å². The number of nitrogens with zero attached hydrogens (tertiary/aromatic N) is 4. The highest BCUT2D eigenvalue weighted by Gasteiger charge is 2.18.